The zero-order valence-corrected chi connectivity index (χ0v) is 17.8. The number of hydrogen-bond donors (Lipinski definition) is 1. The minimum Gasteiger partial charge on any atom is -0.491 e. The van der Waals surface area contributed by atoms with Crippen LogP contribution in [0.2, 0.25) is 0 Å². The Labute approximate surface area is 177 Å². The SMILES string of the molecule is CC(C)OCCN1C(=O)C(Nc2ccc(OC(C)C)cc2)=C(c2ccccc2)C1=O. The van der Waals surface area contributed by atoms with E-state index in [1.54, 1.807) is 0 Å². The summed E-state index contributed by atoms with van der Waals surface area (Å²) in [7, 11) is 0. The molecule has 0 atom stereocenters. The third-order valence-corrected chi connectivity index (χ3v) is 4.49. The molecule has 0 radical (unpaired) electrons. The molecule has 30 heavy (non-hydrogen) atoms. The van der Waals surface area contributed by atoms with E-state index < -0.39 is 0 Å². The van der Waals surface area contributed by atoms with Crippen molar-refractivity contribution in [3.8, 4) is 5.75 Å². The highest BCUT2D eigenvalue weighted by Gasteiger charge is 2.38. The van der Waals surface area contributed by atoms with Gasteiger partial charge in [-0.3, -0.25) is 14.5 Å². The number of nitrogens with one attached hydrogen (secondary N) is 1. The Morgan fingerprint density at radius 1 is 0.867 bits per heavy atom. The number of nitrogens with zero attached hydrogens (tertiary/aromatic N) is 1. The first kappa shape index (κ1) is 21.6. The number of amides is 2. The molecule has 0 saturated heterocycles. The standard InChI is InChI=1S/C24H28N2O4/c1-16(2)29-15-14-26-23(27)21(18-8-6-5-7-9-18)22(24(26)28)25-19-10-12-20(13-11-19)30-17(3)4/h5-13,16-17,25H,14-15H2,1-4H3. The van der Waals surface area contributed by atoms with Crippen LogP contribution in [0.25, 0.3) is 5.57 Å². The molecule has 0 aromatic heterocycles. The minimum absolute atomic E-state index is 0.0310. The lowest BCUT2D eigenvalue weighted by Gasteiger charge is -2.16. The molecule has 1 aliphatic heterocycles. The van der Waals surface area contributed by atoms with E-state index in [1.165, 1.54) is 4.90 Å². The maximum Gasteiger partial charge on any atom is 0.278 e. The second-order valence-electron chi connectivity index (χ2n) is 7.61. The highest BCUT2D eigenvalue weighted by molar-refractivity contribution is 6.36. The predicted molar refractivity (Wildman–Crippen MR) is 117 cm³/mol. The van der Waals surface area contributed by atoms with E-state index in [2.05, 4.69) is 5.32 Å². The molecule has 3 rings (SSSR count). The molecular weight excluding hydrogens is 380 g/mol. The van der Waals surface area contributed by atoms with Crippen LogP contribution < -0.4 is 10.1 Å². The topological polar surface area (TPSA) is 67.9 Å². The Hall–Kier alpha value is -3.12. The molecule has 0 fully saturated rings. The molecular formula is C24H28N2O4. The van der Waals surface area contributed by atoms with Gasteiger partial charge in [0.1, 0.15) is 11.4 Å². The summed E-state index contributed by atoms with van der Waals surface area (Å²) in [4.78, 5) is 27.4. The smallest absolute Gasteiger partial charge is 0.278 e. The van der Waals surface area contributed by atoms with E-state index >= 15 is 0 Å². The summed E-state index contributed by atoms with van der Waals surface area (Å²) in [6, 6.07) is 16.6. The van der Waals surface area contributed by atoms with Gasteiger partial charge in [-0.05, 0) is 57.5 Å². The minimum atomic E-state index is -0.353. The maximum absolute atomic E-state index is 13.1. The van der Waals surface area contributed by atoms with Crippen molar-refractivity contribution in [3.05, 3.63) is 65.9 Å². The van der Waals surface area contributed by atoms with Gasteiger partial charge in [0.15, 0.2) is 0 Å². The number of hydrogen-bond acceptors (Lipinski definition) is 5. The summed E-state index contributed by atoms with van der Waals surface area (Å²) >= 11 is 0. The van der Waals surface area contributed by atoms with Crippen molar-refractivity contribution in [2.24, 2.45) is 0 Å². The molecule has 158 valence electrons. The number of carbonyl (C=O) groups is 2. The monoisotopic (exact) mass is 408 g/mol. The summed E-state index contributed by atoms with van der Waals surface area (Å²) in [5.74, 6) is 0.0728. The lowest BCUT2D eigenvalue weighted by molar-refractivity contribution is -0.137. The fourth-order valence-electron chi connectivity index (χ4n) is 3.18. The molecule has 2 aromatic rings. The lowest BCUT2D eigenvalue weighted by atomic mass is 10.0. The number of imide groups is 1. The lowest BCUT2D eigenvalue weighted by Crippen LogP contribution is -2.35. The van der Waals surface area contributed by atoms with E-state index in [0.29, 0.717) is 23.4 Å². The molecule has 1 heterocycles. The third kappa shape index (κ3) is 5.07. The quantitative estimate of drug-likeness (QED) is 0.633. The van der Waals surface area contributed by atoms with Crippen molar-refractivity contribution < 1.29 is 19.1 Å². The molecule has 0 spiro atoms. The number of carbonyl (C=O) groups excluding carboxylic acids is 2. The Kier molecular flexibility index (Phi) is 6.90. The normalized spacial score (nSPS) is 14.3. The summed E-state index contributed by atoms with van der Waals surface area (Å²) in [5.41, 5.74) is 2.04. The molecule has 1 N–H and O–H groups in total. The molecule has 0 bridgehead atoms. The van der Waals surface area contributed by atoms with Gasteiger partial charge in [0.2, 0.25) is 0 Å². The van der Waals surface area contributed by atoms with Gasteiger partial charge in [0.25, 0.3) is 11.8 Å². The Morgan fingerprint density at radius 2 is 1.53 bits per heavy atom. The van der Waals surface area contributed by atoms with E-state index in [0.717, 1.165) is 5.75 Å². The van der Waals surface area contributed by atoms with Crippen molar-refractivity contribution in [3.63, 3.8) is 0 Å². The van der Waals surface area contributed by atoms with Crippen LogP contribution in [0.5, 0.6) is 5.75 Å². The first-order valence-electron chi connectivity index (χ1n) is 10.2. The zero-order chi connectivity index (χ0) is 21.7. The second-order valence-corrected chi connectivity index (χ2v) is 7.61. The van der Waals surface area contributed by atoms with Gasteiger partial charge in [0, 0.05) is 5.69 Å². The summed E-state index contributed by atoms with van der Waals surface area (Å²) < 4.78 is 11.2. The largest absolute Gasteiger partial charge is 0.491 e. The van der Waals surface area contributed by atoms with Crippen LogP contribution in [0, 0.1) is 0 Å². The predicted octanol–water partition coefficient (Wildman–Crippen LogP) is 4.09. The van der Waals surface area contributed by atoms with E-state index in [9.17, 15) is 9.59 Å². The van der Waals surface area contributed by atoms with Crippen molar-refractivity contribution in [1.82, 2.24) is 4.90 Å². The van der Waals surface area contributed by atoms with Crippen LogP contribution in [0.4, 0.5) is 5.69 Å². The average Bonchev–Trinajstić information content (AvgIpc) is 2.93. The molecule has 6 nitrogen and oxygen atoms in total. The number of rotatable bonds is 9. The molecule has 6 heteroatoms. The van der Waals surface area contributed by atoms with Crippen LogP contribution in [-0.2, 0) is 14.3 Å². The molecule has 0 saturated carbocycles. The summed E-state index contributed by atoms with van der Waals surface area (Å²) in [6.45, 7) is 8.26. The first-order valence-corrected chi connectivity index (χ1v) is 10.2. The van der Waals surface area contributed by atoms with Crippen LogP contribution in [0.3, 0.4) is 0 Å². The zero-order valence-electron chi connectivity index (χ0n) is 17.8. The molecule has 2 aromatic carbocycles. The highest BCUT2D eigenvalue weighted by atomic mass is 16.5. The van der Waals surface area contributed by atoms with Gasteiger partial charge in [0.05, 0.1) is 30.9 Å². The van der Waals surface area contributed by atoms with Gasteiger partial charge in [-0.2, -0.15) is 0 Å². The van der Waals surface area contributed by atoms with E-state index in [4.69, 9.17) is 9.47 Å². The van der Waals surface area contributed by atoms with E-state index in [1.807, 2.05) is 82.3 Å². The molecule has 2 amide bonds. The van der Waals surface area contributed by atoms with Crippen LogP contribution >= 0.6 is 0 Å². The molecule has 0 unspecified atom stereocenters. The molecule has 0 aliphatic carbocycles. The highest BCUT2D eigenvalue weighted by Crippen LogP contribution is 2.30. The van der Waals surface area contributed by atoms with Crippen molar-refractivity contribution in [2.75, 3.05) is 18.5 Å². The number of ether oxygens (including phenoxy) is 2. The maximum atomic E-state index is 13.1. The van der Waals surface area contributed by atoms with E-state index in [-0.39, 0.29) is 36.3 Å². The third-order valence-electron chi connectivity index (χ3n) is 4.49. The van der Waals surface area contributed by atoms with Crippen LogP contribution in [-0.4, -0.2) is 42.1 Å². The number of benzene rings is 2. The average molecular weight is 408 g/mol. The first-order chi connectivity index (χ1) is 14.4. The fourth-order valence-corrected chi connectivity index (χ4v) is 3.18. The van der Waals surface area contributed by atoms with Crippen molar-refractivity contribution >= 4 is 23.1 Å². The summed E-state index contributed by atoms with van der Waals surface area (Å²) in [5, 5.41) is 3.15. The number of anilines is 1. The van der Waals surface area contributed by atoms with Crippen LogP contribution in [0.1, 0.15) is 33.3 Å². The van der Waals surface area contributed by atoms with Gasteiger partial charge in [-0.1, -0.05) is 30.3 Å². The fraction of sp³-hybridized carbons (Fsp3) is 0.333. The summed E-state index contributed by atoms with van der Waals surface area (Å²) in [6.07, 6.45) is 0.107. The Bertz CT molecular complexity index is 918. The van der Waals surface area contributed by atoms with Gasteiger partial charge < -0.3 is 14.8 Å². The second kappa shape index (κ2) is 9.59. The van der Waals surface area contributed by atoms with Gasteiger partial charge in [-0.15, -0.1) is 0 Å². The Balaban J connectivity index is 1.87. The Morgan fingerprint density at radius 3 is 2.13 bits per heavy atom. The van der Waals surface area contributed by atoms with Crippen LogP contribution in [0.15, 0.2) is 60.3 Å². The van der Waals surface area contributed by atoms with Gasteiger partial charge in [-0.25, -0.2) is 0 Å². The molecule has 1 aliphatic rings. The van der Waals surface area contributed by atoms with Gasteiger partial charge >= 0.3 is 0 Å². The van der Waals surface area contributed by atoms with Crippen molar-refractivity contribution in [1.29, 1.82) is 0 Å². The van der Waals surface area contributed by atoms with Crippen molar-refractivity contribution in [2.45, 2.75) is 39.9 Å².